The molecule has 0 aliphatic heterocycles. The standard InChI is InChI=1S/C16H27NO2/c1-12(2)19-7-6-17(5)11-16(18)15-9-13(3)8-14(4)10-15/h8-10,12,16,18H,6-7,11H2,1-5H3. The Morgan fingerprint density at radius 2 is 1.74 bits per heavy atom. The van der Waals surface area contributed by atoms with Crippen molar-refractivity contribution in [1.82, 2.24) is 4.90 Å². The van der Waals surface area contributed by atoms with Crippen LogP contribution in [0.5, 0.6) is 0 Å². The Hall–Kier alpha value is -0.900. The zero-order valence-electron chi connectivity index (χ0n) is 12.8. The molecule has 19 heavy (non-hydrogen) atoms. The van der Waals surface area contributed by atoms with Gasteiger partial charge >= 0.3 is 0 Å². The summed E-state index contributed by atoms with van der Waals surface area (Å²) >= 11 is 0. The molecule has 1 aromatic rings. The first-order chi connectivity index (χ1) is 8.88. The summed E-state index contributed by atoms with van der Waals surface area (Å²) in [5, 5.41) is 10.3. The topological polar surface area (TPSA) is 32.7 Å². The van der Waals surface area contributed by atoms with E-state index in [0.29, 0.717) is 13.2 Å². The van der Waals surface area contributed by atoms with Gasteiger partial charge in [0.05, 0.1) is 18.8 Å². The van der Waals surface area contributed by atoms with Crippen LogP contribution in [0.4, 0.5) is 0 Å². The molecule has 3 heteroatoms. The zero-order valence-corrected chi connectivity index (χ0v) is 12.8. The van der Waals surface area contributed by atoms with Crippen LogP contribution in [0.1, 0.15) is 36.6 Å². The molecule has 1 aromatic carbocycles. The summed E-state index contributed by atoms with van der Waals surface area (Å²) in [5.41, 5.74) is 3.38. The minimum atomic E-state index is -0.442. The molecule has 1 atom stereocenters. The van der Waals surface area contributed by atoms with Gasteiger partial charge in [0.15, 0.2) is 0 Å². The van der Waals surface area contributed by atoms with E-state index < -0.39 is 6.10 Å². The fourth-order valence-corrected chi connectivity index (χ4v) is 2.14. The van der Waals surface area contributed by atoms with Crippen LogP contribution in [0, 0.1) is 13.8 Å². The lowest BCUT2D eigenvalue weighted by Crippen LogP contribution is -2.28. The predicted octanol–water partition coefficient (Wildman–Crippen LogP) is 2.69. The van der Waals surface area contributed by atoms with E-state index in [1.807, 2.05) is 20.9 Å². The first kappa shape index (κ1) is 16.2. The summed E-state index contributed by atoms with van der Waals surface area (Å²) in [7, 11) is 2.01. The molecule has 0 fully saturated rings. The van der Waals surface area contributed by atoms with Gasteiger partial charge in [0.1, 0.15) is 0 Å². The molecule has 1 N–H and O–H groups in total. The molecule has 0 bridgehead atoms. The van der Waals surface area contributed by atoms with E-state index in [1.54, 1.807) is 0 Å². The van der Waals surface area contributed by atoms with Crippen molar-refractivity contribution in [2.75, 3.05) is 26.7 Å². The third-order valence-corrected chi connectivity index (χ3v) is 3.04. The van der Waals surface area contributed by atoms with Gasteiger partial charge in [-0.1, -0.05) is 29.3 Å². The number of benzene rings is 1. The quantitative estimate of drug-likeness (QED) is 0.823. The highest BCUT2D eigenvalue weighted by Gasteiger charge is 2.11. The molecule has 3 nitrogen and oxygen atoms in total. The van der Waals surface area contributed by atoms with Gasteiger partial charge < -0.3 is 14.7 Å². The van der Waals surface area contributed by atoms with Gasteiger partial charge in [0.25, 0.3) is 0 Å². The zero-order chi connectivity index (χ0) is 14.4. The van der Waals surface area contributed by atoms with E-state index in [0.717, 1.165) is 12.1 Å². The minimum Gasteiger partial charge on any atom is -0.387 e. The number of likely N-dealkylation sites (N-methyl/N-ethyl adjacent to an activating group) is 1. The summed E-state index contributed by atoms with van der Waals surface area (Å²) in [6, 6.07) is 6.22. The Morgan fingerprint density at radius 1 is 1.16 bits per heavy atom. The maximum atomic E-state index is 10.3. The molecule has 0 aliphatic rings. The van der Waals surface area contributed by atoms with Crippen LogP contribution >= 0.6 is 0 Å². The number of hydrogen-bond donors (Lipinski definition) is 1. The van der Waals surface area contributed by atoms with Crippen LogP contribution < -0.4 is 0 Å². The number of hydrogen-bond acceptors (Lipinski definition) is 3. The van der Waals surface area contributed by atoms with Gasteiger partial charge in [-0.3, -0.25) is 0 Å². The monoisotopic (exact) mass is 265 g/mol. The van der Waals surface area contributed by atoms with Gasteiger partial charge in [0.2, 0.25) is 0 Å². The number of aliphatic hydroxyl groups excluding tert-OH is 1. The third-order valence-electron chi connectivity index (χ3n) is 3.04. The first-order valence-corrected chi connectivity index (χ1v) is 6.95. The van der Waals surface area contributed by atoms with E-state index in [4.69, 9.17) is 4.74 Å². The largest absolute Gasteiger partial charge is 0.387 e. The Balaban J connectivity index is 2.47. The van der Waals surface area contributed by atoms with E-state index in [-0.39, 0.29) is 6.10 Å². The number of rotatable bonds is 7. The smallest absolute Gasteiger partial charge is 0.0917 e. The van der Waals surface area contributed by atoms with Crippen molar-refractivity contribution < 1.29 is 9.84 Å². The molecule has 0 spiro atoms. The highest BCUT2D eigenvalue weighted by molar-refractivity contribution is 5.30. The summed E-state index contributed by atoms with van der Waals surface area (Å²) in [4.78, 5) is 2.10. The SMILES string of the molecule is Cc1cc(C)cc(C(O)CN(C)CCOC(C)C)c1. The molecular formula is C16H27NO2. The predicted molar refractivity (Wildman–Crippen MR) is 79.5 cm³/mol. The van der Waals surface area contributed by atoms with E-state index >= 15 is 0 Å². The molecule has 0 aliphatic carbocycles. The lowest BCUT2D eigenvalue weighted by molar-refractivity contribution is 0.0519. The Bertz CT molecular complexity index is 370. The molecular weight excluding hydrogens is 238 g/mol. The normalized spacial score (nSPS) is 13.3. The van der Waals surface area contributed by atoms with E-state index in [9.17, 15) is 5.11 Å². The molecule has 1 unspecified atom stereocenters. The van der Waals surface area contributed by atoms with Crippen molar-refractivity contribution >= 4 is 0 Å². The molecule has 0 aromatic heterocycles. The van der Waals surface area contributed by atoms with Crippen LogP contribution in [-0.2, 0) is 4.74 Å². The number of aliphatic hydroxyl groups is 1. The fourth-order valence-electron chi connectivity index (χ4n) is 2.14. The molecule has 108 valence electrons. The molecule has 0 radical (unpaired) electrons. The maximum absolute atomic E-state index is 10.3. The molecule has 1 rings (SSSR count). The van der Waals surface area contributed by atoms with Gasteiger partial charge in [-0.2, -0.15) is 0 Å². The summed E-state index contributed by atoms with van der Waals surface area (Å²) in [6.45, 7) is 10.3. The summed E-state index contributed by atoms with van der Waals surface area (Å²) in [5.74, 6) is 0. The highest BCUT2D eigenvalue weighted by Crippen LogP contribution is 2.17. The second-order valence-electron chi connectivity index (χ2n) is 5.62. The van der Waals surface area contributed by atoms with Crippen LogP contribution in [0.3, 0.4) is 0 Å². The highest BCUT2D eigenvalue weighted by atomic mass is 16.5. The fraction of sp³-hybridized carbons (Fsp3) is 0.625. The van der Waals surface area contributed by atoms with Crippen LogP contribution in [0.2, 0.25) is 0 Å². The second-order valence-corrected chi connectivity index (χ2v) is 5.62. The Labute approximate surface area is 117 Å². The average Bonchev–Trinajstić information content (AvgIpc) is 2.26. The van der Waals surface area contributed by atoms with Gasteiger partial charge in [-0.15, -0.1) is 0 Å². The van der Waals surface area contributed by atoms with Crippen LogP contribution in [0.25, 0.3) is 0 Å². The third kappa shape index (κ3) is 6.19. The summed E-state index contributed by atoms with van der Waals surface area (Å²) in [6.07, 6.45) is -0.180. The molecule has 0 saturated carbocycles. The lowest BCUT2D eigenvalue weighted by Gasteiger charge is -2.21. The van der Waals surface area contributed by atoms with Crippen LogP contribution in [0.15, 0.2) is 18.2 Å². The lowest BCUT2D eigenvalue weighted by atomic mass is 10.0. The first-order valence-electron chi connectivity index (χ1n) is 6.95. The molecule has 0 saturated heterocycles. The molecule has 0 heterocycles. The van der Waals surface area contributed by atoms with Gasteiger partial charge in [0, 0.05) is 13.1 Å². The van der Waals surface area contributed by atoms with Crippen molar-refractivity contribution in [3.8, 4) is 0 Å². The van der Waals surface area contributed by atoms with Crippen molar-refractivity contribution in [2.45, 2.75) is 39.9 Å². The average molecular weight is 265 g/mol. The molecule has 0 amide bonds. The maximum Gasteiger partial charge on any atom is 0.0917 e. The second kappa shape index (κ2) is 7.63. The van der Waals surface area contributed by atoms with Crippen molar-refractivity contribution in [3.05, 3.63) is 34.9 Å². The van der Waals surface area contributed by atoms with Crippen molar-refractivity contribution in [1.29, 1.82) is 0 Å². The van der Waals surface area contributed by atoms with Gasteiger partial charge in [-0.05, 0) is 40.3 Å². The Kier molecular flexibility index (Phi) is 6.49. The number of nitrogens with zero attached hydrogens (tertiary/aromatic N) is 1. The number of aryl methyl sites for hydroxylation is 2. The minimum absolute atomic E-state index is 0.262. The van der Waals surface area contributed by atoms with E-state index in [1.165, 1.54) is 11.1 Å². The van der Waals surface area contributed by atoms with Crippen molar-refractivity contribution in [3.63, 3.8) is 0 Å². The summed E-state index contributed by atoms with van der Waals surface area (Å²) < 4.78 is 5.51. The number of ether oxygens (including phenoxy) is 1. The van der Waals surface area contributed by atoms with Gasteiger partial charge in [-0.25, -0.2) is 0 Å². The van der Waals surface area contributed by atoms with Crippen LogP contribution in [-0.4, -0.2) is 42.9 Å². The van der Waals surface area contributed by atoms with E-state index in [2.05, 4.69) is 36.9 Å². The van der Waals surface area contributed by atoms with Crippen molar-refractivity contribution in [2.24, 2.45) is 0 Å². The Morgan fingerprint density at radius 3 is 2.26 bits per heavy atom.